The molecular weight excluding hydrogens is 332 g/mol. The minimum atomic E-state index is -0.711. The molecule has 1 heterocycles. The van der Waals surface area contributed by atoms with Crippen molar-refractivity contribution in [3.05, 3.63) is 94.7 Å². The number of carbonyl (C=O) groups is 1. The van der Waals surface area contributed by atoms with Gasteiger partial charge in [0.2, 0.25) is 0 Å². The van der Waals surface area contributed by atoms with E-state index in [9.17, 15) is 13.6 Å². The molecule has 2 aromatic carbocycles. The predicted molar refractivity (Wildman–Crippen MR) is 98.9 cm³/mol. The number of hydrogen-bond acceptors (Lipinski definition) is 2. The summed E-state index contributed by atoms with van der Waals surface area (Å²) in [6.45, 7) is 4.06. The Morgan fingerprint density at radius 2 is 1.65 bits per heavy atom. The molecule has 0 aliphatic heterocycles. The van der Waals surface area contributed by atoms with Crippen molar-refractivity contribution in [1.29, 1.82) is 0 Å². The van der Waals surface area contributed by atoms with E-state index < -0.39 is 11.6 Å². The number of halogens is 2. The molecule has 0 unspecified atom stereocenters. The summed E-state index contributed by atoms with van der Waals surface area (Å²) >= 11 is 0. The Hall–Kier alpha value is -3.14. The van der Waals surface area contributed by atoms with E-state index in [-0.39, 0.29) is 11.3 Å². The molecule has 0 saturated heterocycles. The van der Waals surface area contributed by atoms with Crippen LogP contribution in [-0.2, 0) is 0 Å². The molecule has 0 N–H and O–H groups in total. The van der Waals surface area contributed by atoms with Crippen molar-refractivity contribution in [2.45, 2.75) is 13.8 Å². The lowest BCUT2D eigenvalue weighted by Crippen LogP contribution is -1.97. The molecular formula is C22H17F2NO. The maximum absolute atomic E-state index is 13.6. The normalized spacial score (nSPS) is 11.1. The first-order chi connectivity index (χ1) is 12.5. The van der Waals surface area contributed by atoms with Crippen LogP contribution in [0.1, 0.15) is 27.0 Å². The summed E-state index contributed by atoms with van der Waals surface area (Å²) in [5.74, 6) is -1.79. The molecule has 0 atom stereocenters. The molecule has 0 aliphatic carbocycles. The van der Waals surface area contributed by atoms with E-state index >= 15 is 0 Å². The van der Waals surface area contributed by atoms with Crippen LogP contribution in [0.5, 0.6) is 0 Å². The summed E-state index contributed by atoms with van der Waals surface area (Å²) in [5, 5.41) is 0. The van der Waals surface area contributed by atoms with Crippen molar-refractivity contribution >= 4 is 11.9 Å². The SMILES string of the molecule is Cc1cccc(-c2ccc(C(=O)/C=C/c3c(F)cccc3F)cn2)c1C. The Bertz CT molecular complexity index is 971. The molecule has 0 saturated carbocycles. The van der Waals surface area contributed by atoms with Gasteiger partial charge in [-0.3, -0.25) is 9.78 Å². The average Bonchev–Trinajstić information content (AvgIpc) is 2.63. The van der Waals surface area contributed by atoms with Gasteiger partial charge in [-0.25, -0.2) is 8.78 Å². The van der Waals surface area contributed by atoms with Crippen molar-refractivity contribution in [2.24, 2.45) is 0 Å². The van der Waals surface area contributed by atoms with E-state index in [2.05, 4.69) is 4.98 Å². The molecule has 4 heteroatoms. The van der Waals surface area contributed by atoms with Gasteiger partial charge in [0.25, 0.3) is 0 Å². The van der Waals surface area contributed by atoms with Crippen molar-refractivity contribution < 1.29 is 13.6 Å². The van der Waals surface area contributed by atoms with Crippen molar-refractivity contribution in [3.8, 4) is 11.3 Å². The van der Waals surface area contributed by atoms with Crippen LogP contribution >= 0.6 is 0 Å². The van der Waals surface area contributed by atoms with Crippen LogP contribution < -0.4 is 0 Å². The summed E-state index contributed by atoms with van der Waals surface area (Å²) in [7, 11) is 0. The molecule has 3 rings (SSSR count). The van der Waals surface area contributed by atoms with Gasteiger partial charge in [-0.1, -0.05) is 24.3 Å². The Kier molecular flexibility index (Phi) is 5.03. The number of nitrogens with zero attached hydrogens (tertiary/aromatic N) is 1. The van der Waals surface area contributed by atoms with Gasteiger partial charge >= 0.3 is 0 Å². The number of allylic oxidation sites excluding steroid dienone is 1. The summed E-state index contributed by atoms with van der Waals surface area (Å²) < 4.78 is 27.2. The first kappa shape index (κ1) is 17.7. The van der Waals surface area contributed by atoms with Crippen molar-refractivity contribution in [2.75, 3.05) is 0 Å². The second kappa shape index (κ2) is 7.40. The third-order valence-electron chi connectivity index (χ3n) is 4.33. The Labute approximate surface area is 150 Å². The summed E-state index contributed by atoms with van der Waals surface area (Å²) in [4.78, 5) is 16.6. The van der Waals surface area contributed by atoms with Gasteiger partial charge in [0.05, 0.1) is 5.69 Å². The predicted octanol–water partition coefficient (Wildman–Crippen LogP) is 5.54. The average molecular weight is 349 g/mol. The molecule has 0 fully saturated rings. The zero-order valence-electron chi connectivity index (χ0n) is 14.5. The molecule has 3 aromatic rings. The van der Waals surface area contributed by atoms with Crippen LogP contribution in [-0.4, -0.2) is 10.8 Å². The molecule has 0 spiro atoms. The summed E-state index contributed by atoms with van der Waals surface area (Å²) in [6.07, 6.45) is 3.77. The molecule has 0 amide bonds. The lowest BCUT2D eigenvalue weighted by Gasteiger charge is -2.08. The van der Waals surface area contributed by atoms with Gasteiger partial charge in [-0.2, -0.15) is 0 Å². The highest BCUT2D eigenvalue weighted by atomic mass is 19.1. The lowest BCUT2D eigenvalue weighted by molar-refractivity contribution is 0.104. The summed E-state index contributed by atoms with van der Waals surface area (Å²) in [5.41, 5.74) is 4.20. The standard InChI is InChI=1S/C22H17F2NO/c1-14-5-3-6-17(15(14)2)21-11-9-16(13-25-21)22(26)12-10-18-19(23)7-4-8-20(18)24/h3-13H,1-2H3/b12-10+. The van der Waals surface area contributed by atoms with E-state index in [1.54, 1.807) is 12.1 Å². The highest BCUT2D eigenvalue weighted by molar-refractivity contribution is 6.06. The fourth-order valence-corrected chi connectivity index (χ4v) is 2.65. The summed E-state index contributed by atoms with van der Waals surface area (Å²) in [6, 6.07) is 13.0. The van der Waals surface area contributed by atoms with Crippen molar-refractivity contribution in [3.63, 3.8) is 0 Å². The largest absolute Gasteiger partial charge is 0.289 e. The van der Waals surface area contributed by atoms with Gasteiger partial charge in [-0.15, -0.1) is 0 Å². The second-order valence-electron chi connectivity index (χ2n) is 6.01. The quantitative estimate of drug-likeness (QED) is 0.457. The highest BCUT2D eigenvalue weighted by Crippen LogP contribution is 2.24. The molecule has 0 radical (unpaired) electrons. The molecule has 1 aromatic heterocycles. The van der Waals surface area contributed by atoms with E-state index in [4.69, 9.17) is 0 Å². The van der Waals surface area contributed by atoms with Gasteiger partial charge in [0, 0.05) is 22.9 Å². The number of pyridine rings is 1. The number of carbonyl (C=O) groups excluding carboxylic acids is 1. The maximum atomic E-state index is 13.6. The first-order valence-electron chi connectivity index (χ1n) is 8.16. The van der Waals surface area contributed by atoms with Crippen LogP contribution in [0.15, 0.2) is 60.8 Å². The Balaban J connectivity index is 1.83. The minimum absolute atomic E-state index is 0.235. The number of benzene rings is 2. The number of hydrogen-bond donors (Lipinski definition) is 0. The Morgan fingerprint density at radius 3 is 2.31 bits per heavy atom. The first-order valence-corrected chi connectivity index (χ1v) is 8.16. The molecule has 0 aliphatic rings. The van der Waals surface area contributed by atoms with Gasteiger partial charge in [0.15, 0.2) is 5.78 Å². The monoisotopic (exact) mass is 349 g/mol. The maximum Gasteiger partial charge on any atom is 0.187 e. The van der Waals surface area contributed by atoms with Crippen LogP contribution in [0.2, 0.25) is 0 Å². The molecule has 0 bridgehead atoms. The third kappa shape index (κ3) is 3.59. The number of ketones is 1. The smallest absolute Gasteiger partial charge is 0.187 e. The highest BCUT2D eigenvalue weighted by Gasteiger charge is 2.09. The van der Waals surface area contributed by atoms with Crippen LogP contribution in [0.25, 0.3) is 17.3 Å². The van der Waals surface area contributed by atoms with E-state index in [0.29, 0.717) is 5.56 Å². The molecule has 26 heavy (non-hydrogen) atoms. The lowest BCUT2D eigenvalue weighted by atomic mass is 10.00. The zero-order valence-corrected chi connectivity index (χ0v) is 14.5. The fourth-order valence-electron chi connectivity index (χ4n) is 2.65. The third-order valence-corrected chi connectivity index (χ3v) is 4.33. The van der Waals surface area contributed by atoms with Gasteiger partial charge in [0.1, 0.15) is 11.6 Å². The second-order valence-corrected chi connectivity index (χ2v) is 6.01. The minimum Gasteiger partial charge on any atom is -0.289 e. The van der Waals surface area contributed by atoms with E-state index in [1.165, 1.54) is 17.8 Å². The number of aryl methyl sites for hydroxylation is 1. The van der Waals surface area contributed by atoms with Crippen LogP contribution in [0, 0.1) is 25.5 Å². The van der Waals surface area contributed by atoms with Crippen LogP contribution in [0.3, 0.4) is 0 Å². The van der Waals surface area contributed by atoms with Crippen molar-refractivity contribution in [1.82, 2.24) is 4.98 Å². The zero-order chi connectivity index (χ0) is 18.7. The molecule has 2 nitrogen and oxygen atoms in total. The van der Waals surface area contributed by atoms with Gasteiger partial charge < -0.3 is 0 Å². The number of rotatable bonds is 4. The number of aromatic nitrogens is 1. The Morgan fingerprint density at radius 1 is 0.962 bits per heavy atom. The van der Waals surface area contributed by atoms with E-state index in [0.717, 1.165) is 41.1 Å². The van der Waals surface area contributed by atoms with Gasteiger partial charge in [-0.05, 0) is 61.4 Å². The fraction of sp³-hybridized carbons (Fsp3) is 0.0909. The van der Waals surface area contributed by atoms with Crippen LogP contribution in [0.4, 0.5) is 8.78 Å². The molecule has 130 valence electrons. The topological polar surface area (TPSA) is 30.0 Å². The van der Waals surface area contributed by atoms with E-state index in [1.807, 2.05) is 32.0 Å².